The summed E-state index contributed by atoms with van der Waals surface area (Å²) >= 11 is 0. The van der Waals surface area contributed by atoms with Crippen molar-refractivity contribution >= 4 is 12.0 Å². The van der Waals surface area contributed by atoms with E-state index in [-0.39, 0.29) is 23.5 Å². The summed E-state index contributed by atoms with van der Waals surface area (Å²) in [6.45, 7) is 9.26. The van der Waals surface area contributed by atoms with Crippen LogP contribution in [0.25, 0.3) is 0 Å². The van der Waals surface area contributed by atoms with E-state index in [0.29, 0.717) is 13.0 Å². The Hall–Kier alpha value is -1.30. The van der Waals surface area contributed by atoms with Crippen molar-refractivity contribution in [1.82, 2.24) is 10.6 Å². The van der Waals surface area contributed by atoms with Crippen LogP contribution in [0.5, 0.6) is 0 Å². The van der Waals surface area contributed by atoms with Crippen molar-refractivity contribution in [3.63, 3.8) is 0 Å². The minimum atomic E-state index is -0.877. The van der Waals surface area contributed by atoms with Crippen molar-refractivity contribution in [1.29, 1.82) is 0 Å². The molecular formula is C15H28N2O4. The standard InChI is InChI=1S/C15H28N2O4/c1-14(2,3)8-11(12(18)19)9-16-13(20)17-15(4)6-5-7-21-10-15/h11H,5-10H2,1-4H3,(H,18,19)(H2,16,17,20). The van der Waals surface area contributed by atoms with Gasteiger partial charge >= 0.3 is 12.0 Å². The first-order valence-electron chi connectivity index (χ1n) is 7.48. The number of amides is 2. The second kappa shape index (κ2) is 7.11. The second-order valence-corrected chi connectivity index (χ2v) is 7.35. The molecule has 1 heterocycles. The van der Waals surface area contributed by atoms with Crippen LogP contribution < -0.4 is 10.6 Å². The molecule has 6 nitrogen and oxygen atoms in total. The first-order valence-corrected chi connectivity index (χ1v) is 7.48. The van der Waals surface area contributed by atoms with Crippen molar-refractivity contribution in [3.8, 4) is 0 Å². The highest BCUT2D eigenvalue weighted by atomic mass is 16.5. The molecule has 0 bridgehead atoms. The monoisotopic (exact) mass is 300 g/mol. The molecule has 0 aromatic heterocycles. The van der Waals surface area contributed by atoms with E-state index >= 15 is 0 Å². The highest BCUT2D eigenvalue weighted by molar-refractivity contribution is 5.76. The van der Waals surface area contributed by atoms with Crippen LogP contribution in [0, 0.1) is 11.3 Å². The van der Waals surface area contributed by atoms with E-state index in [1.54, 1.807) is 0 Å². The van der Waals surface area contributed by atoms with Gasteiger partial charge in [0.25, 0.3) is 0 Å². The first kappa shape index (κ1) is 17.8. The van der Waals surface area contributed by atoms with Gasteiger partial charge < -0.3 is 20.5 Å². The minimum Gasteiger partial charge on any atom is -0.481 e. The number of carboxylic acids is 1. The van der Waals surface area contributed by atoms with Crippen LogP contribution in [-0.4, -0.2) is 42.4 Å². The van der Waals surface area contributed by atoms with Gasteiger partial charge in [-0.25, -0.2) is 4.79 Å². The maximum absolute atomic E-state index is 11.9. The summed E-state index contributed by atoms with van der Waals surface area (Å²) in [5.41, 5.74) is -0.463. The lowest BCUT2D eigenvalue weighted by atomic mass is 9.84. The third-order valence-electron chi connectivity index (χ3n) is 3.57. The molecule has 0 aromatic rings. The largest absolute Gasteiger partial charge is 0.481 e. The number of carbonyl (C=O) groups is 2. The minimum absolute atomic E-state index is 0.0929. The summed E-state index contributed by atoms with van der Waals surface area (Å²) < 4.78 is 5.38. The van der Waals surface area contributed by atoms with E-state index in [4.69, 9.17) is 4.74 Å². The highest BCUT2D eigenvalue weighted by Gasteiger charge is 2.30. The molecule has 0 radical (unpaired) electrons. The Labute approximate surface area is 126 Å². The van der Waals surface area contributed by atoms with Crippen LogP contribution in [0.1, 0.15) is 47.0 Å². The van der Waals surface area contributed by atoms with Gasteiger partial charge in [0.1, 0.15) is 0 Å². The molecule has 1 saturated heterocycles. The summed E-state index contributed by atoms with van der Waals surface area (Å²) in [6, 6.07) is -0.330. The molecule has 3 N–H and O–H groups in total. The zero-order chi connectivity index (χ0) is 16.1. The Morgan fingerprint density at radius 2 is 2.05 bits per heavy atom. The molecule has 0 aromatic carbocycles. The zero-order valence-corrected chi connectivity index (χ0v) is 13.5. The average Bonchev–Trinajstić information content (AvgIpc) is 2.33. The van der Waals surface area contributed by atoms with Gasteiger partial charge in [-0.05, 0) is 31.6 Å². The summed E-state index contributed by atoms with van der Waals surface area (Å²) in [7, 11) is 0. The van der Waals surface area contributed by atoms with Crippen molar-refractivity contribution in [2.45, 2.75) is 52.5 Å². The SMILES string of the molecule is CC(C)(C)CC(CNC(=O)NC1(C)CCCOC1)C(=O)O. The summed E-state index contributed by atoms with van der Waals surface area (Å²) in [5, 5.41) is 14.8. The topological polar surface area (TPSA) is 87.7 Å². The van der Waals surface area contributed by atoms with Crippen molar-refractivity contribution in [3.05, 3.63) is 0 Å². The van der Waals surface area contributed by atoms with Gasteiger partial charge in [0, 0.05) is 13.2 Å². The predicted molar refractivity (Wildman–Crippen MR) is 80.2 cm³/mol. The first-order chi connectivity index (χ1) is 9.61. The lowest BCUT2D eigenvalue weighted by Crippen LogP contribution is -2.55. The van der Waals surface area contributed by atoms with Crippen LogP contribution >= 0.6 is 0 Å². The van der Waals surface area contributed by atoms with Gasteiger partial charge in [-0.15, -0.1) is 0 Å². The molecule has 21 heavy (non-hydrogen) atoms. The molecule has 0 saturated carbocycles. The van der Waals surface area contributed by atoms with Crippen molar-refractivity contribution < 1.29 is 19.4 Å². The maximum Gasteiger partial charge on any atom is 0.315 e. The third kappa shape index (κ3) is 6.80. The number of rotatable bonds is 5. The third-order valence-corrected chi connectivity index (χ3v) is 3.57. The smallest absolute Gasteiger partial charge is 0.315 e. The fraction of sp³-hybridized carbons (Fsp3) is 0.867. The Kier molecular flexibility index (Phi) is 6.01. The molecule has 0 spiro atoms. The lowest BCUT2D eigenvalue weighted by Gasteiger charge is -2.34. The zero-order valence-electron chi connectivity index (χ0n) is 13.5. The molecule has 1 rings (SSSR count). The molecular weight excluding hydrogens is 272 g/mol. The predicted octanol–water partition coefficient (Wildman–Crippen LogP) is 1.99. The fourth-order valence-electron chi connectivity index (χ4n) is 2.55. The van der Waals surface area contributed by atoms with E-state index in [9.17, 15) is 14.7 Å². The second-order valence-electron chi connectivity index (χ2n) is 7.35. The molecule has 2 unspecified atom stereocenters. The van der Waals surface area contributed by atoms with Crippen LogP contribution in [0.4, 0.5) is 4.79 Å². The summed E-state index contributed by atoms with van der Waals surface area (Å²) in [6.07, 6.45) is 2.30. The Morgan fingerprint density at radius 3 is 2.52 bits per heavy atom. The fourth-order valence-corrected chi connectivity index (χ4v) is 2.55. The molecule has 1 aliphatic heterocycles. The van der Waals surface area contributed by atoms with Crippen LogP contribution in [0.3, 0.4) is 0 Å². The van der Waals surface area contributed by atoms with E-state index in [1.165, 1.54) is 0 Å². The van der Waals surface area contributed by atoms with Crippen molar-refractivity contribution in [2.24, 2.45) is 11.3 Å². The quantitative estimate of drug-likeness (QED) is 0.724. The van der Waals surface area contributed by atoms with E-state index in [1.807, 2.05) is 27.7 Å². The van der Waals surface area contributed by atoms with Gasteiger partial charge in [0.15, 0.2) is 0 Å². The molecule has 1 aliphatic rings. The lowest BCUT2D eigenvalue weighted by molar-refractivity contribution is -0.142. The highest BCUT2D eigenvalue weighted by Crippen LogP contribution is 2.24. The van der Waals surface area contributed by atoms with E-state index in [0.717, 1.165) is 19.4 Å². The number of hydrogen-bond donors (Lipinski definition) is 3. The number of carboxylic acid groups (broad SMARTS) is 1. The van der Waals surface area contributed by atoms with Crippen LogP contribution in [0.15, 0.2) is 0 Å². The molecule has 2 atom stereocenters. The van der Waals surface area contributed by atoms with Gasteiger partial charge in [-0.3, -0.25) is 4.79 Å². The molecule has 2 amide bonds. The number of carbonyl (C=O) groups excluding carboxylic acids is 1. The summed E-state index contributed by atoms with van der Waals surface area (Å²) in [5.74, 6) is -1.46. The van der Waals surface area contributed by atoms with Gasteiger partial charge in [-0.2, -0.15) is 0 Å². The number of urea groups is 1. The van der Waals surface area contributed by atoms with Crippen LogP contribution in [0.2, 0.25) is 0 Å². The normalized spacial score (nSPS) is 24.2. The number of hydrogen-bond acceptors (Lipinski definition) is 3. The Bertz CT molecular complexity index is 370. The number of nitrogens with one attached hydrogen (secondary N) is 2. The Morgan fingerprint density at radius 1 is 1.38 bits per heavy atom. The molecule has 6 heteroatoms. The van der Waals surface area contributed by atoms with E-state index < -0.39 is 11.9 Å². The summed E-state index contributed by atoms with van der Waals surface area (Å²) in [4.78, 5) is 23.2. The molecule has 0 aliphatic carbocycles. The molecule has 122 valence electrons. The average molecular weight is 300 g/mol. The van der Waals surface area contributed by atoms with Crippen molar-refractivity contribution in [2.75, 3.05) is 19.8 Å². The van der Waals surface area contributed by atoms with Crippen LogP contribution in [-0.2, 0) is 9.53 Å². The van der Waals surface area contributed by atoms with Gasteiger partial charge in [-0.1, -0.05) is 20.8 Å². The Balaban J connectivity index is 2.44. The van der Waals surface area contributed by atoms with Gasteiger partial charge in [0.05, 0.1) is 18.1 Å². The van der Waals surface area contributed by atoms with Gasteiger partial charge in [0.2, 0.25) is 0 Å². The maximum atomic E-state index is 11.9. The molecule has 1 fully saturated rings. The number of ether oxygens (including phenoxy) is 1. The number of aliphatic carboxylic acids is 1. The van der Waals surface area contributed by atoms with E-state index in [2.05, 4.69) is 10.6 Å².